The lowest BCUT2D eigenvalue weighted by molar-refractivity contribution is 0.142. The Labute approximate surface area is 110 Å². The third-order valence-corrected chi connectivity index (χ3v) is 2.79. The van der Waals surface area contributed by atoms with Crippen molar-refractivity contribution >= 4 is 0 Å². The van der Waals surface area contributed by atoms with Gasteiger partial charge in [-0.25, -0.2) is 0 Å². The molecule has 0 saturated heterocycles. The van der Waals surface area contributed by atoms with Gasteiger partial charge in [0.05, 0.1) is 6.61 Å². The van der Waals surface area contributed by atoms with Crippen molar-refractivity contribution in [1.29, 1.82) is 0 Å². The van der Waals surface area contributed by atoms with Crippen LogP contribution in [0.1, 0.15) is 44.7 Å². The molecule has 0 aliphatic rings. The van der Waals surface area contributed by atoms with Gasteiger partial charge in [0.15, 0.2) is 0 Å². The standard InChI is InChI=1S/C15H25NO2/c1-3-11-18-14-9-7-13(8-10-14)15(16)6-5-12-17-4-2/h7-10,15H,3-6,11-12,16H2,1-2H3. The molecule has 2 N–H and O–H groups in total. The summed E-state index contributed by atoms with van der Waals surface area (Å²) in [6.45, 7) is 6.44. The van der Waals surface area contributed by atoms with Gasteiger partial charge in [-0.1, -0.05) is 19.1 Å². The summed E-state index contributed by atoms with van der Waals surface area (Å²) >= 11 is 0. The topological polar surface area (TPSA) is 44.5 Å². The Morgan fingerprint density at radius 3 is 2.44 bits per heavy atom. The fourth-order valence-electron chi connectivity index (χ4n) is 1.75. The largest absolute Gasteiger partial charge is 0.494 e. The smallest absolute Gasteiger partial charge is 0.119 e. The lowest BCUT2D eigenvalue weighted by Gasteiger charge is -2.13. The second-order valence-corrected chi connectivity index (χ2v) is 4.36. The maximum absolute atomic E-state index is 6.13. The van der Waals surface area contributed by atoms with Crippen molar-refractivity contribution < 1.29 is 9.47 Å². The van der Waals surface area contributed by atoms with Crippen LogP contribution < -0.4 is 10.5 Å². The molecule has 0 heterocycles. The molecule has 0 bridgehead atoms. The monoisotopic (exact) mass is 251 g/mol. The summed E-state index contributed by atoms with van der Waals surface area (Å²) in [7, 11) is 0. The highest BCUT2D eigenvalue weighted by molar-refractivity contribution is 5.28. The van der Waals surface area contributed by atoms with Crippen LogP contribution in [0.5, 0.6) is 5.75 Å². The summed E-state index contributed by atoms with van der Waals surface area (Å²) in [5, 5.41) is 0. The lowest BCUT2D eigenvalue weighted by Crippen LogP contribution is -2.11. The Kier molecular flexibility index (Phi) is 7.46. The summed E-state index contributed by atoms with van der Waals surface area (Å²) in [5.41, 5.74) is 7.29. The first-order valence-electron chi connectivity index (χ1n) is 6.84. The summed E-state index contributed by atoms with van der Waals surface area (Å²) in [4.78, 5) is 0. The van der Waals surface area contributed by atoms with Crippen molar-refractivity contribution in [2.24, 2.45) is 5.73 Å². The average Bonchev–Trinajstić information content (AvgIpc) is 2.41. The molecule has 102 valence electrons. The highest BCUT2D eigenvalue weighted by Crippen LogP contribution is 2.19. The number of nitrogens with two attached hydrogens (primary N) is 1. The average molecular weight is 251 g/mol. The number of hydrogen-bond acceptors (Lipinski definition) is 3. The van der Waals surface area contributed by atoms with E-state index in [0.29, 0.717) is 0 Å². The quantitative estimate of drug-likeness (QED) is 0.685. The predicted molar refractivity (Wildman–Crippen MR) is 74.9 cm³/mol. The van der Waals surface area contributed by atoms with E-state index in [1.807, 2.05) is 19.1 Å². The van der Waals surface area contributed by atoms with Crippen molar-refractivity contribution in [2.75, 3.05) is 19.8 Å². The van der Waals surface area contributed by atoms with Gasteiger partial charge in [-0.05, 0) is 43.9 Å². The van der Waals surface area contributed by atoms with Gasteiger partial charge < -0.3 is 15.2 Å². The van der Waals surface area contributed by atoms with Crippen LogP contribution in [0.25, 0.3) is 0 Å². The van der Waals surface area contributed by atoms with Crippen LogP contribution in [-0.4, -0.2) is 19.8 Å². The Morgan fingerprint density at radius 1 is 1.11 bits per heavy atom. The van der Waals surface area contributed by atoms with Gasteiger partial charge in [0.1, 0.15) is 5.75 Å². The van der Waals surface area contributed by atoms with Crippen molar-refractivity contribution in [3.05, 3.63) is 29.8 Å². The van der Waals surface area contributed by atoms with Crippen LogP contribution >= 0.6 is 0 Å². The summed E-state index contributed by atoms with van der Waals surface area (Å²) in [6, 6.07) is 8.18. The highest BCUT2D eigenvalue weighted by atomic mass is 16.5. The molecule has 0 aliphatic heterocycles. The summed E-state index contributed by atoms with van der Waals surface area (Å²) in [6.07, 6.45) is 2.98. The van der Waals surface area contributed by atoms with E-state index in [2.05, 4.69) is 19.1 Å². The van der Waals surface area contributed by atoms with E-state index < -0.39 is 0 Å². The van der Waals surface area contributed by atoms with Gasteiger partial charge in [0.25, 0.3) is 0 Å². The van der Waals surface area contributed by atoms with Gasteiger partial charge in [-0.3, -0.25) is 0 Å². The molecular weight excluding hydrogens is 226 g/mol. The van der Waals surface area contributed by atoms with Crippen LogP contribution in [0.15, 0.2) is 24.3 Å². The molecule has 0 fully saturated rings. The molecule has 18 heavy (non-hydrogen) atoms. The SMILES string of the molecule is CCCOc1ccc(C(N)CCCOCC)cc1. The predicted octanol–water partition coefficient (Wildman–Crippen LogP) is 3.29. The Balaban J connectivity index is 2.36. The Hall–Kier alpha value is -1.06. The molecule has 1 rings (SSSR count). The van der Waals surface area contributed by atoms with Crippen molar-refractivity contribution in [1.82, 2.24) is 0 Å². The van der Waals surface area contributed by atoms with Gasteiger partial charge in [0, 0.05) is 19.3 Å². The molecule has 1 unspecified atom stereocenters. The zero-order valence-corrected chi connectivity index (χ0v) is 11.5. The minimum Gasteiger partial charge on any atom is -0.494 e. The molecular formula is C15H25NO2. The molecule has 3 heteroatoms. The molecule has 1 aromatic rings. The highest BCUT2D eigenvalue weighted by Gasteiger charge is 2.05. The molecule has 3 nitrogen and oxygen atoms in total. The molecule has 0 aromatic heterocycles. The van der Waals surface area contributed by atoms with E-state index in [9.17, 15) is 0 Å². The third-order valence-electron chi connectivity index (χ3n) is 2.79. The molecule has 1 atom stereocenters. The van der Waals surface area contributed by atoms with Crippen molar-refractivity contribution in [2.45, 2.75) is 39.2 Å². The van der Waals surface area contributed by atoms with E-state index >= 15 is 0 Å². The van der Waals surface area contributed by atoms with E-state index in [4.69, 9.17) is 15.2 Å². The maximum Gasteiger partial charge on any atom is 0.119 e. The summed E-state index contributed by atoms with van der Waals surface area (Å²) in [5.74, 6) is 0.919. The van der Waals surface area contributed by atoms with E-state index in [1.165, 1.54) is 0 Å². The first kappa shape index (κ1) is 15.0. The fraction of sp³-hybridized carbons (Fsp3) is 0.600. The summed E-state index contributed by atoms with van der Waals surface area (Å²) < 4.78 is 10.8. The molecule has 1 aromatic carbocycles. The van der Waals surface area contributed by atoms with Gasteiger partial charge in [-0.15, -0.1) is 0 Å². The number of benzene rings is 1. The van der Waals surface area contributed by atoms with E-state index in [0.717, 1.165) is 50.4 Å². The molecule has 0 amide bonds. The van der Waals surface area contributed by atoms with Crippen molar-refractivity contribution in [3.8, 4) is 5.75 Å². The molecule has 0 aliphatic carbocycles. The van der Waals surface area contributed by atoms with Crippen LogP contribution in [0, 0.1) is 0 Å². The van der Waals surface area contributed by atoms with Crippen molar-refractivity contribution in [3.63, 3.8) is 0 Å². The minimum absolute atomic E-state index is 0.0886. The minimum atomic E-state index is 0.0886. The number of ether oxygens (including phenoxy) is 2. The van der Waals surface area contributed by atoms with E-state index in [1.54, 1.807) is 0 Å². The fourth-order valence-corrected chi connectivity index (χ4v) is 1.75. The lowest BCUT2D eigenvalue weighted by atomic mass is 10.0. The molecule has 0 radical (unpaired) electrons. The zero-order valence-electron chi connectivity index (χ0n) is 11.5. The van der Waals surface area contributed by atoms with Gasteiger partial charge in [-0.2, -0.15) is 0 Å². The number of rotatable bonds is 9. The van der Waals surface area contributed by atoms with Crippen LogP contribution in [-0.2, 0) is 4.74 Å². The van der Waals surface area contributed by atoms with E-state index in [-0.39, 0.29) is 6.04 Å². The van der Waals surface area contributed by atoms with Gasteiger partial charge >= 0.3 is 0 Å². The number of hydrogen-bond donors (Lipinski definition) is 1. The molecule has 0 saturated carbocycles. The first-order valence-corrected chi connectivity index (χ1v) is 6.84. The second-order valence-electron chi connectivity index (χ2n) is 4.36. The first-order chi connectivity index (χ1) is 8.77. The van der Waals surface area contributed by atoms with Crippen LogP contribution in [0.2, 0.25) is 0 Å². The third kappa shape index (κ3) is 5.52. The van der Waals surface area contributed by atoms with Gasteiger partial charge in [0.2, 0.25) is 0 Å². The Bertz CT molecular complexity index is 311. The normalized spacial score (nSPS) is 12.4. The van der Waals surface area contributed by atoms with Crippen LogP contribution in [0.3, 0.4) is 0 Å². The second kappa shape index (κ2) is 8.95. The maximum atomic E-state index is 6.13. The van der Waals surface area contributed by atoms with Crippen LogP contribution in [0.4, 0.5) is 0 Å². The molecule has 0 spiro atoms. The zero-order chi connectivity index (χ0) is 13.2. The Morgan fingerprint density at radius 2 is 1.83 bits per heavy atom.